The number of carbonyl (C=O) groups excluding carboxylic acids is 2. The van der Waals surface area contributed by atoms with Gasteiger partial charge >= 0.3 is 0 Å². The zero-order chi connectivity index (χ0) is 19.9. The molecule has 1 fully saturated rings. The Morgan fingerprint density at radius 1 is 1.11 bits per heavy atom. The van der Waals surface area contributed by atoms with Crippen molar-refractivity contribution in [1.82, 2.24) is 15.5 Å². The van der Waals surface area contributed by atoms with Crippen LogP contribution in [0.1, 0.15) is 44.6 Å². The molecule has 0 radical (unpaired) electrons. The molecule has 0 spiro atoms. The van der Waals surface area contributed by atoms with Crippen LogP contribution in [0.4, 0.5) is 5.69 Å². The molecule has 1 aromatic carbocycles. The number of benzene rings is 1. The monoisotopic (exact) mass is 386 g/mol. The van der Waals surface area contributed by atoms with Crippen LogP contribution < -0.4 is 15.5 Å². The van der Waals surface area contributed by atoms with Crippen LogP contribution in [0.2, 0.25) is 0 Å². The Kier molecular flexibility index (Phi) is 7.31. The van der Waals surface area contributed by atoms with Gasteiger partial charge in [-0.05, 0) is 44.4 Å². The molecular weight excluding hydrogens is 352 g/mol. The Labute approximate surface area is 168 Å². The first-order chi connectivity index (χ1) is 13.6. The van der Waals surface area contributed by atoms with Crippen molar-refractivity contribution >= 4 is 17.5 Å². The summed E-state index contributed by atoms with van der Waals surface area (Å²) in [7, 11) is 2.07. The number of likely N-dealkylation sites (N-methyl/N-ethyl adjacent to an activating group) is 1. The van der Waals surface area contributed by atoms with E-state index in [-0.39, 0.29) is 17.9 Å². The van der Waals surface area contributed by atoms with Crippen molar-refractivity contribution in [1.29, 1.82) is 0 Å². The number of likely N-dealkylation sites (tertiary alicyclic amines) is 1. The minimum absolute atomic E-state index is 0.0916. The van der Waals surface area contributed by atoms with E-state index < -0.39 is 0 Å². The summed E-state index contributed by atoms with van der Waals surface area (Å²) in [5.41, 5.74) is 2.73. The molecule has 2 atom stereocenters. The lowest BCUT2D eigenvalue weighted by Gasteiger charge is -2.31. The average molecular weight is 387 g/mol. The summed E-state index contributed by atoms with van der Waals surface area (Å²) in [4.78, 5) is 28.5. The zero-order valence-corrected chi connectivity index (χ0v) is 17.2. The fraction of sp³-hybridized carbons (Fsp3) is 0.636. The number of anilines is 1. The second kappa shape index (κ2) is 9.92. The van der Waals surface area contributed by atoms with Crippen LogP contribution in [0.5, 0.6) is 0 Å². The molecule has 1 aromatic rings. The molecule has 6 heteroatoms. The van der Waals surface area contributed by atoms with Crippen molar-refractivity contribution in [2.24, 2.45) is 0 Å². The molecule has 3 rings (SSSR count). The number of rotatable bonds is 8. The van der Waals surface area contributed by atoms with E-state index in [9.17, 15) is 9.59 Å². The van der Waals surface area contributed by atoms with E-state index in [4.69, 9.17) is 0 Å². The van der Waals surface area contributed by atoms with Gasteiger partial charge in [-0.1, -0.05) is 25.1 Å². The summed E-state index contributed by atoms with van der Waals surface area (Å²) in [6.07, 6.45) is 5.41. The summed E-state index contributed by atoms with van der Waals surface area (Å²) in [5, 5.41) is 6.08. The quantitative estimate of drug-likeness (QED) is 0.717. The maximum atomic E-state index is 12.4. The fourth-order valence-corrected chi connectivity index (χ4v) is 4.40. The van der Waals surface area contributed by atoms with Crippen molar-refractivity contribution in [2.45, 2.75) is 57.5 Å². The maximum Gasteiger partial charge on any atom is 0.221 e. The van der Waals surface area contributed by atoms with Gasteiger partial charge in [0.1, 0.15) is 0 Å². The molecule has 0 unspecified atom stereocenters. The summed E-state index contributed by atoms with van der Waals surface area (Å²) >= 11 is 0. The Morgan fingerprint density at radius 2 is 1.89 bits per heavy atom. The van der Waals surface area contributed by atoms with Gasteiger partial charge in [0.2, 0.25) is 11.8 Å². The molecule has 2 aliphatic heterocycles. The minimum atomic E-state index is 0.0916. The van der Waals surface area contributed by atoms with E-state index in [1.807, 2.05) is 6.92 Å². The van der Waals surface area contributed by atoms with Gasteiger partial charge in [0, 0.05) is 56.8 Å². The highest BCUT2D eigenvalue weighted by Gasteiger charge is 2.31. The Morgan fingerprint density at radius 3 is 2.71 bits per heavy atom. The number of carbonyl (C=O) groups is 2. The van der Waals surface area contributed by atoms with Crippen LogP contribution >= 0.6 is 0 Å². The third-order valence-electron chi connectivity index (χ3n) is 6.17. The molecule has 1 saturated heterocycles. The van der Waals surface area contributed by atoms with Gasteiger partial charge in [-0.3, -0.25) is 14.5 Å². The van der Waals surface area contributed by atoms with Crippen LogP contribution in [-0.4, -0.2) is 62.0 Å². The van der Waals surface area contributed by atoms with E-state index >= 15 is 0 Å². The molecule has 28 heavy (non-hydrogen) atoms. The van der Waals surface area contributed by atoms with Gasteiger partial charge < -0.3 is 15.5 Å². The van der Waals surface area contributed by atoms with Crippen LogP contribution in [0.25, 0.3) is 0 Å². The lowest BCUT2D eigenvalue weighted by molar-refractivity contribution is -0.122. The van der Waals surface area contributed by atoms with Crippen molar-refractivity contribution in [3.63, 3.8) is 0 Å². The SMILES string of the molecule is CCC(=O)NC[C@@H]1CC[C@H](CC(=O)NCCN2CCCc3ccccc32)N1C. The van der Waals surface area contributed by atoms with Crippen molar-refractivity contribution < 1.29 is 9.59 Å². The van der Waals surface area contributed by atoms with Crippen LogP contribution in [-0.2, 0) is 16.0 Å². The highest BCUT2D eigenvalue weighted by atomic mass is 16.2. The zero-order valence-electron chi connectivity index (χ0n) is 17.2. The van der Waals surface area contributed by atoms with Gasteiger partial charge in [0.05, 0.1) is 0 Å². The van der Waals surface area contributed by atoms with Gasteiger partial charge in [0.25, 0.3) is 0 Å². The molecule has 2 amide bonds. The molecule has 0 aliphatic carbocycles. The molecule has 2 heterocycles. The van der Waals surface area contributed by atoms with Crippen molar-refractivity contribution in [2.75, 3.05) is 38.1 Å². The van der Waals surface area contributed by atoms with Crippen LogP contribution in [0.3, 0.4) is 0 Å². The molecule has 6 nitrogen and oxygen atoms in total. The van der Waals surface area contributed by atoms with E-state index in [0.717, 1.165) is 32.4 Å². The van der Waals surface area contributed by atoms with Crippen molar-refractivity contribution in [3.8, 4) is 0 Å². The highest BCUT2D eigenvalue weighted by Crippen LogP contribution is 2.26. The predicted octanol–water partition coefficient (Wildman–Crippen LogP) is 1.93. The number of nitrogens with zero attached hydrogens (tertiary/aromatic N) is 2. The van der Waals surface area contributed by atoms with Crippen molar-refractivity contribution in [3.05, 3.63) is 29.8 Å². The second-order valence-corrected chi connectivity index (χ2v) is 7.98. The van der Waals surface area contributed by atoms with Crippen LogP contribution in [0, 0.1) is 0 Å². The second-order valence-electron chi connectivity index (χ2n) is 7.98. The topological polar surface area (TPSA) is 64.7 Å². The Hall–Kier alpha value is -2.08. The molecule has 0 aromatic heterocycles. The fourth-order valence-electron chi connectivity index (χ4n) is 4.40. The summed E-state index contributed by atoms with van der Waals surface area (Å²) in [5.74, 6) is 0.217. The third-order valence-corrected chi connectivity index (χ3v) is 6.17. The Bertz CT molecular complexity index is 678. The lowest BCUT2D eigenvalue weighted by atomic mass is 10.0. The summed E-state index contributed by atoms with van der Waals surface area (Å²) < 4.78 is 0. The minimum Gasteiger partial charge on any atom is -0.370 e. The number of nitrogens with one attached hydrogen (secondary N) is 2. The summed E-state index contributed by atoms with van der Waals surface area (Å²) in [6, 6.07) is 9.17. The molecule has 0 bridgehead atoms. The van der Waals surface area contributed by atoms with Gasteiger partial charge in [-0.15, -0.1) is 0 Å². The van der Waals surface area contributed by atoms with E-state index in [1.165, 1.54) is 17.7 Å². The van der Waals surface area contributed by atoms with Crippen LogP contribution in [0.15, 0.2) is 24.3 Å². The first kappa shape index (κ1) is 20.6. The number of amides is 2. The van der Waals surface area contributed by atoms with E-state index in [0.29, 0.717) is 32.0 Å². The van der Waals surface area contributed by atoms with Gasteiger partial charge in [-0.2, -0.15) is 0 Å². The average Bonchev–Trinajstić information content (AvgIpc) is 3.05. The molecule has 2 aliphatic rings. The number of aryl methyl sites for hydroxylation is 1. The normalized spacial score (nSPS) is 22.0. The number of hydrogen-bond donors (Lipinski definition) is 2. The highest BCUT2D eigenvalue weighted by molar-refractivity contribution is 5.77. The molecular formula is C22H34N4O2. The smallest absolute Gasteiger partial charge is 0.221 e. The maximum absolute atomic E-state index is 12.4. The molecule has 0 saturated carbocycles. The number of fused-ring (bicyclic) bond motifs is 1. The third kappa shape index (κ3) is 5.25. The Balaban J connectivity index is 1.39. The van der Waals surface area contributed by atoms with E-state index in [1.54, 1.807) is 0 Å². The largest absolute Gasteiger partial charge is 0.370 e. The number of para-hydroxylation sites is 1. The molecule has 2 N–H and O–H groups in total. The van der Waals surface area contributed by atoms with Gasteiger partial charge in [-0.25, -0.2) is 0 Å². The lowest BCUT2D eigenvalue weighted by Crippen LogP contribution is -2.43. The van der Waals surface area contributed by atoms with Gasteiger partial charge in [0.15, 0.2) is 0 Å². The first-order valence-corrected chi connectivity index (χ1v) is 10.7. The van der Waals surface area contributed by atoms with E-state index in [2.05, 4.69) is 51.7 Å². The standard InChI is InChI=1S/C22H34N4O2/c1-3-21(27)24-16-19-11-10-18(25(19)2)15-22(28)23-12-14-26-13-6-8-17-7-4-5-9-20(17)26/h4-5,7,9,18-19H,3,6,8,10-16H2,1-2H3,(H,23,28)(H,24,27)/t18-,19+/m1/s1. The number of hydrogen-bond acceptors (Lipinski definition) is 4. The summed E-state index contributed by atoms with van der Waals surface area (Å²) in [6.45, 7) is 5.14. The predicted molar refractivity (Wildman–Crippen MR) is 112 cm³/mol. The molecule has 154 valence electrons. The first-order valence-electron chi connectivity index (χ1n) is 10.7.